The van der Waals surface area contributed by atoms with Crippen molar-refractivity contribution in [3.8, 4) is 5.75 Å². The van der Waals surface area contributed by atoms with Gasteiger partial charge in [-0.15, -0.1) is 0 Å². The summed E-state index contributed by atoms with van der Waals surface area (Å²) in [5, 5.41) is 18.3. The lowest BCUT2D eigenvalue weighted by Gasteiger charge is -2.06. The van der Waals surface area contributed by atoms with Crippen LogP contribution in [0.25, 0.3) is 0 Å². The Morgan fingerprint density at radius 2 is 2.17 bits per heavy atom. The molecule has 0 fully saturated rings. The fourth-order valence-corrected chi connectivity index (χ4v) is 1.04. The molecule has 1 aromatic carbocycles. The SMILES string of the molecule is NCC(O)Cc1cccc(O)c1. The highest BCUT2D eigenvalue weighted by Gasteiger charge is 2.02. The number of benzene rings is 1. The smallest absolute Gasteiger partial charge is 0.115 e. The maximum atomic E-state index is 9.20. The van der Waals surface area contributed by atoms with Gasteiger partial charge in [-0.05, 0) is 24.1 Å². The predicted octanol–water partition coefficient (Wildman–Crippen LogP) is 0.254. The summed E-state index contributed by atoms with van der Waals surface area (Å²) < 4.78 is 0. The molecule has 0 saturated heterocycles. The molecule has 1 atom stereocenters. The van der Waals surface area contributed by atoms with Crippen molar-refractivity contribution in [3.63, 3.8) is 0 Å². The van der Waals surface area contributed by atoms with Crippen molar-refractivity contribution in [2.75, 3.05) is 6.54 Å². The lowest BCUT2D eigenvalue weighted by atomic mass is 10.1. The number of aromatic hydroxyl groups is 1. The fourth-order valence-electron chi connectivity index (χ4n) is 1.04. The molecule has 1 unspecified atom stereocenters. The third kappa shape index (κ3) is 2.53. The Kier molecular flexibility index (Phi) is 3.08. The summed E-state index contributed by atoms with van der Waals surface area (Å²) in [5.41, 5.74) is 6.14. The third-order valence-corrected chi connectivity index (χ3v) is 1.65. The zero-order chi connectivity index (χ0) is 8.97. The summed E-state index contributed by atoms with van der Waals surface area (Å²) in [6.07, 6.45) is -0.0305. The van der Waals surface area contributed by atoms with Gasteiger partial charge in [-0.2, -0.15) is 0 Å². The lowest BCUT2D eigenvalue weighted by Crippen LogP contribution is -2.21. The number of aliphatic hydroxyl groups is 1. The molecular formula is C9H13NO2. The first kappa shape index (κ1) is 9.03. The Balaban J connectivity index is 2.63. The van der Waals surface area contributed by atoms with Crippen molar-refractivity contribution in [1.82, 2.24) is 0 Å². The minimum absolute atomic E-state index is 0.219. The number of hydrogen-bond acceptors (Lipinski definition) is 3. The Morgan fingerprint density at radius 1 is 1.42 bits per heavy atom. The molecule has 0 bridgehead atoms. The van der Waals surface area contributed by atoms with Crippen molar-refractivity contribution >= 4 is 0 Å². The Bertz CT molecular complexity index is 250. The van der Waals surface area contributed by atoms with Crippen LogP contribution in [0.15, 0.2) is 24.3 Å². The number of hydrogen-bond donors (Lipinski definition) is 3. The van der Waals surface area contributed by atoms with Gasteiger partial charge in [0.15, 0.2) is 0 Å². The normalized spacial score (nSPS) is 12.8. The third-order valence-electron chi connectivity index (χ3n) is 1.65. The molecule has 0 radical (unpaired) electrons. The first-order valence-electron chi connectivity index (χ1n) is 3.88. The van der Waals surface area contributed by atoms with Crippen LogP contribution in [-0.4, -0.2) is 22.9 Å². The van der Waals surface area contributed by atoms with E-state index in [2.05, 4.69) is 0 Å². The van der Waals surface area contributed by atoms with Gasteiger partial charge in [-0.25, -0.2) is 0 Å². The standard InChI is InChI=1S/C9H13NO2/c10-6-9(12)5-7-2-1-3-8(11)4-7/h1-4,9,11-12H,5-6,10H2. The van der Waals surface area contributed by atoms with Gasteiger partial charge in [0.1, 0.15) is 5.75 Å². The van der Waals surface area contributed by atoms with Gasteiger partial charge >= 0.3 is 0 Å². The number of nitrogens with two attached hydrogens (primary N) is 1. The summed E-state index contributed by atoms with van der Waals surface area (Å²) in [7, 11) is 0. The second kappa shape index (κ2) is 4.09. The minimum Gasteiger partial charge on any atom is -0.508 e. The van der Waals surface area contributed by atoms with Crippen LogP contribution in [0, 0.1) is 0 Å². The van der Waals surface area contributed by atoms with E-state index in [1.54, 1.807) is 18.2 Å². The zero-order valence-electron chi connectivity index (χ0n) is 6.77. The molecule has 0 amide bonds. The van der Waals surface area contributed by atoms with Crippen LogP contribution in [-0.2, 0) is 6.42 Å². The van der Waals surface area contributed by atoms with E-state index in [0.717, 1.165) is 5.56 Å². The average Bonchev–Trinajstić information content (AvgIpc) is 2.04. The van der Waals surface area contributed by atoms with Gasteiger partial charge in [0.05, 0.1) is 6.10 Å². The summed E-state index contributed by atoms with van der Waals surface area (Å²) in [6, 6.07) is 6.81. The van der Waals surface area contributed by atoms with Crippen LogP contribution in [0.2, 0.25) is 0 Å². The van der Waals surface area contributed by atoms with Crippen LogP contribution in [0.4, 0.5) is 0 Å². The number of aliphatic hydroxyl groups excluding tert-OH is 1. The molecular weight excluding hydrogens is 154 g/mol. The highest BCUT2D eigenvalue weighted by Crippen LogP contribution is 2.12. The molecule has 3 heteroatoms. The summed E-state index contributed by atoms with van der Waals surface area (Å²) in [5.74, 6) is 0.219. The highest BCUT2D eigenvalue weighted by molar-refractivity contribution is 5.27. The van der Waals surface area contributed by atoms with Crippen LogP contribution in [0.3, 0.4) is 0 Å². The molecule has 0 aliphatic rings. The molecule has 1 aromatic rings. The Morgan fingerprint density at radius 3 is 2.75 bits per heavy atom. The van der Waals surface area contributed by atoms with E-state index in [9.17, 15) is 5.11 Å². The Hall–Kier alpha value is -1.06. The second-order valence-electron chi connectivity index (χ2n) is 2.76. The zero-order valence-corrected chi connectivity index (χ0v) is 6.77. The molecule has 0 aromatic heterocycles. The van der Waals surface area contributed by atoms with E-state index in [0.29, 0.717) is 6.42 Å². The van der Waals surface area contributed by atoms with Crippen LogP contribution in [0.5, 0.6) is 5.75 Å². The molecule has 4 N–H and O–H groups in total. The van der Waals surface area contributed by atoms with E-state index < -0.39 is 6.10 Å². The largest absolute Gasteiger partial charge is 0.508 e. The van der Waals surface area contributed by atoms with E-state index >= 15 is 0 Å². The highest BCUT2D eigenvalue weighted by atomic mass is 16.3. The van der Waals surface area contributed by atoms with Crippen molar-refractivity contribution in [3.05, 3.63) is 29.8 Å². The monoisotopic (exact) mass is 167 g/mol. The predicted molar refractivity (Wildman–Crippen MR) is 46.9 cm³/mol. The second-order valence-corrected chi connectivity index (χ2v) is 2.76. The maximum absolute atomic E-state index is 9.20. The molecule has 0 aliphatic heterocycles. The molecule has 12 heavy (non-hydrogen) atoms. The van der Waals surface area contributed by atoms with Crippen molar-refractivity contribution in [1.29, 1.82) is 0 Å². The van der Waals surface area contributed by atoms with Crippen LogP contribution in [0.1, 0.15) is 5.56 Å². The fraction of sp³-hybridized carbons (Fsp3) is 0.333. The molecule has 1 rings (SSSR count). The quantitative estimate of drug-likeness (QED) is 0.604. The van der Waals surface area contributed by atoms with Gasteiger partial charge < -0.3 is 15.9 Å². The summed E-state index contributed by atoms with van der Waals surface area (Å²) in [6.45, 7) is 0.246. The molecule has 66 valence electrons. The number of rotatable bonds is 3. The minimum atomic E-state index is -0.521. The van der Waals surface area contributed by atoms with Gasteiger partial charge in [0, 0.05) is 6.54 Å². The van der Waals surface area contributed by atoms with Crippen molar-refractivity contribution in [2.24, 2.45) is 5.73 Å². The maximum Gasteiger partial charge on any atom is 0.115 e. The van der Waals surface area contributed by atoms with Crippen LogP contribution < -0.4 is 5.73 Å². The van der Waals surface area contributed by atoms with E-state index in [4.69, 9.17) is 10.8 Å². The summed E-state index contributed by atoms with van der Waals surface area (Å²) in [4.78, 5) is 0. The van der Waals surface area contributed by atoms with Crippen molar-refractivity contribution < 1.29 is 10.2 Å². The number of phenolic OH excluding ortho intramolecular Hbond substituents is 1. The topological polar surface area (TPSA) is 66.5 Å². The molecule has 0 heterocycles. The van der Waals surface area contributed by atoms with Crippen LogP contribution >= 0.6 is 0 Å². The van der Waals surface area contributed by atoms with E-state index in [1.807, 2.05) is 6.07 Å². The molecule has 0 spiro atoms. The van der Waals surface area contributed by atoms with Gasteiger partial charge in [0.2, 0.25) is 0 Å². The Labute approximate surface area is 71.5 Å². The summed E-state index contributed by atoms with van der Waals surface area (Å²) >= 11 is 0. The van der Waals surface area contributed by atoms with Gasteiger partial charge in [0.25, 0.3) is 0 Å². The molecule has 3 nitrogen and oxygen atoms in total. The van der Waals surface area contributed by atoms with Crippen molar-refractivity contribution in [2.45, 2.75) is 12.5 Å². The first-order valence-corrected chi connectivity index (χ1v) is 3.88. The first-order chi connectivity index (χ1) is 5.72. The molecule has 0 saturated carbocycles. The van der Waals surface area contributed by atoms with Gasteiger partial charge in [-0.1, -0.05) is 12.1 Å². The van der Waals surface area contributed by atoms with Gasteiger partial charge in [-0.3, -0.25) is 0 Å². The number of phenols is 1. The van der Waals surface area contributed by atoms with E-state index in [1.165, 1.54) is 0 Å². The molecule has 0 aliphatic carbocycles. The van der Waals surface area contributed by atoms with E-state index in [-0.39, 0.29) is 12.3 Å². The average molecular weight is 167 g/mol. The lowest BCUT2D eigenvalue weighted by molar-refractivity contribution is 0.183.